The lowest BCUT2D eigenvalue weighted by Crippen LogP contribution is -2.54. The standard InChI is InChI=1S/C19H22N4O3S/c1-22-12-19(26-18(22)25)8-5-9-23(13-19)17(24)20-10-16-21-15(11-27-16)14-6-3-2-4-7-14/h2-4,6-7,11H,5,8-10,12-13H2,1H3,(H,20,24). The van der Waals surface area contributed by atoms with Gasteiger partial charge in [0.2, 0.25) is 0 Å². The zero-order chi connectivity index (χ0) is 18.9. The first kappa shape index (κ1) is 17.8. The highest BCUT2D eigenvalue weighted by atomic mass is 32.1. The van der Waals surface area contributed by atoms with Gasteiger partial charge < -0.3 is 19.9 Å². The van der Waals surface area contributed by atoms with Crippen molar-refractivity contribution in [1.82, 2.24) is 20.1 Å². The molecule has 0 bridgehead atoms. The van der Waals surface area contributed by atoms with Crippen LogP contribution in [0.5, 0.6) is 0 Å². The number of carbonyl (C=O) groups is 2. The number of nitrogens with one attached hydrogen (secondary N) is 1. The van der Waals surface area contributed by atoms with E-state index < -0.39 is 5.60 Å². The minimum Gasteiger partial charge on any atom is -0.439 e. The number of piperidine rings is 1. The maximum absolute atomic E-state index is 12.6. The summed E-state index contributed by atoms with van der Waals surface area (Å²) in [6.45, 7) is 2.02. The highest BCUT2D eigenvalue weighted by Gasteiger charge is 2.47. The van der Waals surface area contributed by atoms with Gasteiger partial charge in [-0.1, -0.05) is 30.3 Å². The summed E-state index contributed by atoms with van der Waals surface area (Å²) in [5, 5.41) is 5.81. The van der Waals surface area contributed by atoms with Crippen molar-refractivity contribution >= 4 is 23.5 Å². The second-order valence-electron chi connectivity index (χ2n) is 7.08. The van der Waals surface area contributed by atoms with E-state index in [9.17, 15) is 9.59 Å². The van der Waals surface area contributed by atoms with Crippen molar-refractivity contribution in [2.24, 2.45) is 0 Å². The molecule has 4 rings (SSSR count). The summed E-state index contributed by atoms with van der Waals surface area (Å²) in [6.07, 6.45) is 1.30. The van der Waals surface area contributed by atoms with Gasteiger partial charge in [-0.25, -0.2) is 14.6 Å². The van der Waals surface area contributed by atoms with Crippen LogP contribution in [0.2, 0.25) is 0 Å². The van der Waals surface area contributed by atoms with Gasteiger partial charge >= 0.3 is 12.1 Å². The van der Waals surface area contributed by atoms with Gasteiger partial charge in [-0.15, -0.1) is 11.3 Å². The molecule has 1 N–H and O–H groups in total. The molecule has 142 valence electrons. The van der Waals surface area contributed by atoms with Crippen molar-refractivity contribution in [3.63, 3.8) is 0 Å². The van der Waals surface area contributed by atoms with Gasteiger partial charge in [0.25, 0.3) is 0 Å². The zero-order valence-corrected chi connectivity index (χ0v) is 16.0. The summed E-state index contributed by atoms with van der Waals surface area (Å²) >= 11 is 1.53. The number of amides is 3. The van der Waals surface area contributed by atoms with E-state index in [0.29, 0.717) is 26.2 Å². The van der Waals surface area contributed by atoms with Crippen LogP contribution in [0.4, 0.5) is 9.59 Å². The lowest BCUT2D eigenvalue weighted by molar-refractivity contribution is 0.00318. The van der Waals surface area contributed by atoms with E-state index in [2.05, 4.69) is 10.3 Å². The minimum absolute atomic E-state index is 0.142. The number of hydrogen-bond donors (Lipinski definition) is 1. The van der Waals surface area contributed by atoms with Gasteiger partial charge in [0.1, 0.15) is 10.6 Å². The van der Waals surface area contributed by atoms with E-state index in [0.717, 1.165) is 29.1 Å². The lowest BCUT2D eigenvalue weighted by Gasteiger charge is -2.38. The van der Waals surface area contributed by atoms with Gasteiger partial charge in [-0.05, 0) is 12.8 Å². The number of nitrogens with zero attached hydrogens (tertiary/aromatic N) is 3. The highest BCUT2D eigenvalue weighted by Crippen LogP contribution is 2.31. The Hall–Kier alpha value is -2.61. The molecule has 1 unspecified atom stereocenters. The Labute approximate surface area is 161 Å². The fourth-order valence-corrected chi connectivity index (χ4v) is 4.42. The van der Waals surface area contributed by atoms with E-state index in [1.807, 2.05) is 35.7 Å². The molecule has 1 aromatic carbocycles. The molecule has 0 radical (unpaired) electrons. The summed E-state index contributed by atoms with van der Waals surface area (Å²) in [6, 6.07) is 9.83. The normalized spacial score (nSPS) is 22.2. The van der Waals surface area contributed by atoms with E-state index in [1.165, 1.54) is 11.3 Å². The number of likely N-dealkylation sites (N-methyl/N-ethyl adjacent to an activating group) is 1. The third kappa shape index (κ3) is 3.75. The SMILES string of the molecule is CN1CC2(CCCN(C(=O)NCc3nc(-c4ccccc4)cs3)C2)OC1=O. The van der Waals surface area contributed by atoms with E-state index in [4.69, 9.17) is 4.74 Å². The molecular weight excluding hydrogens is 364 g/mol. The predicted molar refractivity (Wildman–Crippen MR) is 102 cm³/mol. The third-order valence-electron chi connectivity index (χ3n) is 4.98. The number of carbonyl (C=O) groups excluding carboxylic acids is 2. The molecular formula is C19H22N4O3S. The lowest BCUT2D eigenvalue weighted by atomic mass is 9.93. The van der Waals surface area contributed by atoms with Crippen molar-refractivity contribution in [1.29, 1.82) is 0 Å². The molecule has 1 aromatic heterocycles. The van der Waals surface area contributed by atoms with Gasteiger partial charge in [0, 0.05) is 24.5 Å². The second-order valence-corrected chi connectivity index (χ2v) is 8.03. The van der Waals surface area contributed by atoms with Crippen LogP contribution in [0, 0.1) is 0 Å². The number of hydrogen-bond acceptors (Lipinski definition) is 5. The summed E-state index contributed by atoms with van der Waals surface area (Å²) < 4.78 is 5.55. The molecule has 1 atom stereocenters. The Morgan fingerprint density at radius 1 is 1.33 bits per heavy atom. The van der Waals surface area contributed by atoms with Crippen LogP contribution in [-0.4, -0.2) is 59.2 Å². The number of thiazole rings is 1. The molecule has 3 amide bonds. The largest absolute Gasteiger partial charge is 0.439 e. The number of benzene rings is 1. The third-order valence-corrected chi connectivity index (χ3v) is 5.83. The molecule has 1 spiro atoms. The van der Waals surface area contributed by atoms with E-state index in [-0.39, 0.29) is 12.1 Å². The topological polar surface area (TPSA) is 74.8 Å². The molecule has 2 fully saturated rings. The first-order valence-electron chi connectivity index (χ1n) is 9.01. The van der Waals surface area contributed by atoms with Crippen LogP contribution in [0.25, 0.3) is 11.3 Å². The van der Waals surface area contributed by atoms with Gasteiger partial charge in [0.15, 0.2) is 0 Å². The fraction of sp³-hybridized carbons (Fsp3) is 0.421. The average molecular weight is 386 g/mol. The number of aromatic nitrogens is 1. The summed E-state index contributed by atoms with van der Waals surface area (Å²) in [4.78, 5) is 32.2. The molecule has 2 saturated heterocycles. The first-order valence-corrected chi connectivity index (χ1v) is 9.89. The van der Waals surface area contributed by atoms with Crippen molar-refractivity contribution < 1.29 is 14.3 Å². The van der Waals surface area contributed by atoms with Crippen LogP contribution in [-0.2, 0) is 11.3 Å². The Morgan fingerprint density at radius 3 is 2.89 bits per heavy atom. The van der Waals surface area contributed by atoms with Crippen LogP contribution < -0.4 is 5.32 Å². The molecule has 3 heterocycles. The van der Waals surface area contributed by atoms with Crippen LogP contribution in [0.15, 0.2) is 35.7 Å². The molecule has 0 saturated carbocycles. The quantitative estimate of drug-likeness (QED) is 0.880. The van der Waals surface area contributed by atoms with Crippen molar-refractivity contribution in [2.45, 2.75) is 25.0 Å². The predicted octanol–water partition coefficient (Wildman–Crippen LogP) is 2.94. The van der Waals surface area contributed by atoms with Crippen LogP contribution in [0.1, 0.15) is 17.8 Å². The Balaban J connectivity index is 1.34. The second kappa shape index (κ2) is 7.19. The number of likely N-dealkylation sites (tertiary alicyclic amines) is 1. The van der Waals surface area contributed by atoms with Gasteiger partial charge in [-0.3, -0.25) is 0 Å². The summed E-state index contributed by atoms with van der Waals surface area (Å²) in [5.74, 6) is 0. The smallest absolute Gasteiger partial charge is 0.410 e. The Bertz CT molecular complexity index is 840. The summed E-state index contributed by atoms with van der Waals surface area (Å²) in [7, 11) is 1.73. The molecule has 8 heteroatoms. The monoisotopic (exact) mass is 386 g/mol. The first-order chi connectivity index (χ1) is 13.0. The van der Waals surface area contributed by atoms with Crippen LogP contribution in [0.3, 0.4) is 0 Å². The fourth-order valence-electron chi connectivity index (χ4n) is 3.67. The molecule has 7 nitrogen and oxygen atoms in total. The molecule has 2 aromatic rings. The molecule has 2 aliphatic heterocycles. The number of urea groups is 1. The van der Waals surface area contributed by atoms with Gasteiger partial charge in [-0.2, -0.15) is 0 Å². The maximum Gasteiger partial charge on any atom is 0.410 e. The molecule has 0 aliphatic carbocycles. The minimum atomic E-state index is -0.566. The number of rotatable bonds is 3. The van der Waals surface area contributed by atoms with Crippen molar-refractivity contribution in [2.75, 3.05) is 26.7 Å². The molecule has 27 heavy (non-hydrogen) atoms. The Morgan fingerprint density at radius 2 is 2.15 bits per heavy atom. The van der Waals surface area contributed by atoms with E-state index in [1.54, 1.807) is 16.8 Å². The number of ether oxygens (including phenoxy) is 1. The van der Waals surface area contributed by atoms with Crippen molar-refractivity contribution in [3.8, 4) is 11.3 Å². The van der Waals surface area contributed by atoms with Crippen LogP contribution >= 0.6 is 11.3 Å². The summed E-state index contributed by atoms with van der Waals surface area (Å²) in [5.41, 5.74) is 1.42. The van der Waals surface area contributed by atoms with Gasteiger partial charge in [0.05, 0.1) is 25.3 Å². The maximum atomic E-state index is 12.6. The van der Waals surface area contributed by atoms with Crippen molar-refractivity contribution in [3.05, 3.63) is 40.7 Å². The highest BCUT2D eigenvalue weighted by molar-refractivity contribution is 7.09. The average Bonchev–Trinajstić information content (AvgIpc) is 3.25. The van der Waals surface area contributed by atoms with E-state index >= 15 is 0 Å². The molecule has 2 aliphatic rings. The zero-order valence-electron chi connectivity index (χ0n) is 15.2. The Kier molecular flexibility index (Phi) is 4.73.